The first-order chi connectivity index (χ1) is 16.6. The van der Waals surface area contributed by atoms with E-state index in [0.29, 0.717) is 42.8 Å². The summed E-state index contributed by atoms with van der Waals surface area (Å²) in [4.78, 5) is 12.5. The second kappa shape index (κ2) is 14.1. The molecule has 1 fully saturated rings. The Bertz CT molecular complexity index is 875. The Labute approximate surface area is 202 Å². The first kappa shape index (κ1) is 26.2. The predicted octanol–water partition coefficient (Wildman–Crippen LogP) is 7.25. The first-order valence-electron chi connectivity index (χ1n) is 12.6. The fraction of sp³-hybridized carbons (Fsp3) is 0.536. The van der Waals surface area contributed by atoms with Gasteiger partial charge in [0.2, 0.25) is 0 Å². The number of ether oxygens (including phenoxy) is 4. The molecule has 1 aliphatic rings. The molecule has 1 heterocycles. The van der Waals surface area contributed by atoms with Gasteiger partial charge in [-0.25, -0.2) is 9.18 Å². The zero-order valence-electron chi connectivity index (χ0n) is 20.4. The van der Waals surface area contributed by atoms with Crippen LogP contribution in [0.25, 0.3) is 0 Å². The third kappa shape index (κ3) is 8.10. The Morgan fingerprint density at radius 3 is 2.26 bits per heavy atom. The zero-order valence-corrected chi connectivity index (χ0v) is 20.4. The van der Waals surface area contributed by atoms with Crippen molar-refractivity contribution in [1.82, 2.24) is 0 Å². The van der Waals surface area contributed by atoms with E-state index in [4.69, 9.17) is 18.9 Å². The molecule has 2 aromatic carbocycles. The van der Waals surface area contributed by atoms with Gasteiger partial charge in [-0.1, -0.05) is 58.4 Å². The van der Waals surface area contributed by atoms with E-state index in [2.05, 4.69) is 6.92 Å². The van der Waals surface area contributed by atoms with Crippen LogP contribution in [0.2, 0.25) is 0 Å². The number of benzene rings is 2. The standard InChI is InChI=1S/C28H37FO5/c1-3-5-6-7-8-9-10-21-19-32-28(33-20-21)25-16-11-22(18-26(25)29)27(30)34-24-14-12-23(13-15-24)31-17-4-2/h11-16,18,21,28H,3-10,17,19-20H2,1-2H3. The Morgan fingerprint density at radius 2 is 1.59 bits per heavy atom. The molecule has 34 heavy (non-hydrogen) atoms. The van der Waals surface area contributed by atoms with E-state index in [-0.39, 0.29) is 5.56 Å². The van der Waals surface area contributed by atoms with Crippen LogP contribution in [0.3, 0.4) is 0 Å². The number of esters is 1. The summed E-state index contributed by atoms with van der Waals surface area (Å²) in [5, 5.41) is 0. The zero-order chi connectivity index (χ0) is 24.2. The Morgan fingerprint density at radius 1 is 0.912 bits per heavy atom. The van der Waals surface area contributed by atoms with Crippen molar-refractivity contribution in [3.63, 3.8) is 0 Å². The minimum absolute atomic E-state index is 0.129. The maximum atomic E-state index is 14.8. The maximum Gasteiger partial charge on any atom is 0.343 e. The Balaban J connectivity index is 1.46. The number of hydrogen-bond donors (Lipinski definition) is 0. The van der Waals surface area contributed by atoms with Crippen LogP contribution in [-0.2, 0) is 9.47 Å². The third-order valence-electron chi connectivity index (χ3n) is 5.93. The summed E-state index contributed by atoms with van der Waals surface area (Å²) in [5.41, 5.74) is 0.427. The summed E-state index contributed by atoms with van der Waals surface area (Å²) in [6.45, 7) is 5.99. The van der Waals surface area contributed by atoms with Crippen molar-refractivity contribution in [2.24, 2.45) is 5.92 Å². The summed E-state index contributed by atoms with van der Waals surface area (Å²) < 4.78 is 37.2. The topological polar surface area (TPSA) is 54.0 Å². The van der Waals surface area contributed by atoms with Crippen LogP contribution < -0.4 is 9.47 Å². The average Bonchev–Trinajstić information content (AvgIpc) is 2.86. The van der Waals surface area contributed by atoms with Crippen molar-refractivity contribution in [2.75, 3.05) is 19.8 Å². The number of carbonyl (C=O) groups is 1. The van der Waals surface area contributed by atoms with Gasteiger partial charge in [-0.05, 0) is 49.2 Å². The molecule has 0 amide bonds. The Kier molecular flexibility index (Phi) is 10.8. The number of carbonyl (C=O) groups excluding carboxylic acids is 1. The normalized spacial score (nSPS) is 18.0. The van der Waals surface area contributed by atoms with Crippen LogP contribution in [0.4, 0.5) is 4.39 Å². The summed E-state index contributed by atoms with van der Waals surface area (Å²) in [5.74, 6) is 0.250. The monoisotopic (exact) mass is 472 g/mol. The lowest BCUT2D eigenvalue weighted by Crippen LogP contribution is -2.27. The second-order valence-corrected chi connectivity index (χ2v) is 8.87. The van der Waals surface area contributed by atoms with Gasteiger partial charge in [0, 0.05) is 11.5 Å². The minimum atomic E-state index is -0.749. The molecule has 0 spiro atoms. The van der Waals surface area contributed by atoms with E-state index in [1.807, 2.05) is 6.92 Å². The van der Waals surface area contributed by atoms with E-state index in [1.54, 1.807) is 24.3 Å². The molecule has 3 rings (SSSR count). The number of halogens is 1. The lowest BCUT2D eigenvalue weighted by molar-refractivity contribution is -0.207. The summed E-state index contributed by atoms with van der Waals surface area (Å²) in [6.07, 6.45) is 8.79. The highest BCUT2D eigenvalue weighted by molar-refractivity contribution is 5.91. The quantitative estimate of drug-likeness (QED) is 0.175. The van der Waals surface area contributed by atoms with Crippen molar-refractivity contribution in [1.29, 1.82) is 0 Å². The van der Waals surface area contributed by atoms with E-state index in [1.165, 1.54) is 56.7 Å². The highest BCUT2D eigenvalue weighted by atomic mass is 19.1. The van der Waals surface area contributed by atoms with Crippen molar-refractivity contribution in [3.8, 4) is 11.5 Å². The van der Waals surface area contributed by atoms with Gasteiger partial charge in [-0.3, -0.25) is 0 Å². The van der Waals surface area contributed by atoms with Crippen molar-refractivity contribution in [2.45, 2.75) is 71.5 Å². The maximum absolute atomic E-state index is 14.8. The molecule has 5 nitrogen and oxygen atoms in total. The fourth-order valence-corrected chi connectivity index (χ4v) is 3.94. The largest absolute Gasteiger partial charge is 0.494 e. The van der Waals surface area contributed by atoms with Crippen LogP contribution >= 0.6 is 0 Å². The van der Waals surface area contributed by atoms with Crippen molar-refractivity contribution in [3.05, 3.63) is 59.4 Å². The fourth-order valence-electron chi connectivity index (χ4n) is 3.94. The van der Waals surface area contributed by atoms with E-state index >= 15 is 0 Å². The average molecular weight is 473 g/mol. The van der Waals surface area contributed by atoms with Crippen molar-refractivity contribution >= 4 is 5.97 Å². The summed E-state index contributed by atoms with van der Waals surface area (Å²) in [6, 6.07) is 11.0. The van der Waals surface area contributed by atoms with E-state index < -0.39 is 18.1 Å². The van der Waals surface area contributed by atoms with Gasteiger partial charge in [0.05, 0.1) is 25.4 Å². The van der Waals surface area contributed by atoms with Gasteiger partial charge in [0.1, 0.15) is 17.3 Å². The highest BCUT2D eigenvalue weighted by Crippen LogP contribution is 2.30. The molecule has 0 saturated carbocycles. The SMILES string of the molecule is CCCCCCCCC1COC(c2ccc(C(=O)Oc3ccc(OCCC)cc3)cc2F)OC1. The van der Waals surface area contributed by atoms with Crippen molar-refractivity contribution < 1.29 is 28.1 Å². The molecular weight excluding hydrogens is 435 g/mol. The molecule has 0 radical (unpaired) electrons. The molecule has 2 aromatic rings. The molecule has 0 bridgehead atoms. The van der Waals surface area contributed by atoms with Gasteiger partial charge in [-0.2, -0.15) is 0 Å². The number of unbranched alkanes of at least 4 members (excludes halogenated alkanes) is 5. The van der Waals surface area contributed by atoms with Gasteiger partial charge < -0.3 is 18.9 Å². The second-order valence-electron chi connectivity index (χ2n) is 8.87. The Hall–Kier alpha value is -2.44. The minimum Gasteiger partial charge on any atom is -0.494 e. The third-order valence-corrected chi connectivity index (χ3v) is 5.93. The molecule has 0 unspecified atom stereocenters. The lowest BCUT2D eigenvalue weighted by Gasteiger charge is -2.30. The molecule has 0 atom stereocenters. The molecule has 1 aliphatic heterocycles. The molecular formula is C28H37FO5. The van der Waals surface area contributed by atoms with Gasteiger partial charge in [0.25, 0.3) is 0 Å². The molecule has 0 N–H and O–H groups in total. The predicted molar refractivity (Wildman–Crippen MR) is 130 cm³/mol. The van der Waals surface area contributed by atoms with Crippen LogP contribution in [0, 0.1) is 11.7 Å². The molecule has 1 saturated heterocycles. The van der Waals surface area contributed by atoms with Crippen LogP contribution in [-0.4, -0.2) is 25.8 Å². The lowest BCUT2D eigenvalue weighted by atomic mass is 10.0. The molecule has 0 aliphatic carbocycles. The summed E-state index contributed by atoms with van der Waals surface area (Å²) in [7, 11) is 0. The number of hydrogen-bond acceptors (Lipinski definition) is 5. The summed E-state index contributed by atoms with van der Waals surface area (Å²) >= 11 is 0. The molecule has 6 heteroatoms. The van der Waals surface area contributed by atoms with E-state index in [0.717, 1.165) is 12.8 Å². The number of rotatable bonds is 13. The smallest absolute Gasteiger partial charge is 0.343 e. The van der Waals surface area contributed by atoms with Crippen LogP contribution in [0.5, 0.6) is 11.5 Å². The van der Waals surface area contributed by atoms with E-state index in [9.17, 15) is 9.18 Å². The van der Waals surface area contributed by atoms with Gasteiger partial charge >= 0.3 is 5.97 Å². The van der Waals surface area contributed by atoms with Crippen LogP contribution in [0.15, 0.2) is 42.5 Å². The first-order valence-corrected chi connectivity index (χ1v) is 12.6. The van der Waals surface area contributed by atoms with Crippen LogP contribution in [0.1, 0.15) is 87.4 Å². The van der Waals surface area contributed by atoms with Gasteiger partial charge in [-0.15, -0.1) is 0 Å². The molecule has 186 valence electrons. The van der Waals surface area contributed by atoms with Gasteiger partial charge in [0.15, 0.2) is 6.29 Å². The molecule has 0 aromatic heterocycles. The highest BCUT2D eigenvalue weighted by Gasteiger charge is 2.26.